The molecule has 0 radical (unpaired) electrons. The van der Waals surface area contributed by atoms with Crippen LogP contribution in [0.1, 0.15) is 45.3 Å². The number of hydrogen-bond donors (Lipinski definition) is 1. The molecule has 0 amide bonds. The van der Waals surface area contributed by atoms with Crippen molar-refractivity contribution in [2.24, 2.45) is 0 Å². The maximum absolute atomic E-state index is 13.0. The van der Waals surface area contributed by atoms with Crippen molar-refractivity contribution in [2.45, 2.75) is 51.4 Å². The highest BCUT2D eigenvalue weighted by molar-refractivity contribution is 5.21. The summed E-state index contributed by atoms with van der Waals surface area (Å²) in [4.78, 5) is 0. The van der Waals surface area contributed by atoms with Crippen molar-refractivity contribution in [1.29, 1.82) is 0 Å². The summed E-state index contributed by atoms with van der Waals surface area (Å²) in [6, 6.07) is 6.89. The summed E-state index contributed by atoms with van der Waals surface area (Å²) in [7, 11) is 0. The molecular formula is C15H22FNO. The Morgan fingerprint density at radius 3 is 2.44 bits per heavy atom. The van der Waals surface area contributed by atoms with Crippen molar-refractivity contribution in [1.82, 2.24) is 5.32 Å². The fourth-order valence-electron chi connectivity index (χ4n) is 2.54. The minimum Gasteiger partial charge on any atom is -0.364 e. The minimum absolute atomic E-state index is 0.000694. The first-order chi connectivity index (χ1) is 8.60. The Balaban J connectivity index is 2.22. The molecule has 18 heavy (non-hydrogen) atoms. The predicted molar refractivity (Wildman–Crippen MR) is 71.0 cm³/mol. The summed E-state index contributed by atoms with van der Waals surface area (Å²) in [5.74, 6) is -0.201. The first-order valence-electron chi connectivity index (χ1n) is 6.77. The summed E-state index contributed by atoms with van der Waals surface area (Å²) >= 11 is 0. The summed E-state index contributed by atoms with van der Waals surface area (Å²) in [6.45, 7) is 7.31. The number of nitrogens with one attached hydrogen (secondary N) is 1. The van der Waals surface area contributed by atoms with Crippen molar-refractivity contribution < 1.29 is 9.13 Å². The Morgan fingerprint density at radius 2 is 1.89 bits per heavy atom. The van der Waals surface area contributed by atoms with Gasteiger partial charge in [-0.25, -0.2) is 4.39 Å². The highest BCUT2D eigenvalue weighted by Gasteiger charge is 2.38. The molecule has 0 aliphatic carbocycles. The average molecular weight is 251 g/mol. The number of hydrogen-bond acceptors (Lipinski definition) is 2. The monoisotopic (exact) mass is 251 g/mol. The molecule has 2 atom stereocenters. The van der Waals surface area contributed by atoms with E-state index in [1.54, 1.807) is 0 Å². The average Bonchev–Trinajstić information content (AvgIpc) is 2.41. The van der Waals surface area contributed by atoms with Gasteiger partial charge in [0.25, 0.3) is 0 Å². The van der Waals surface area contributed by atoms with E-state index in [1.807, 2.05) is 12.1 Å². The van der Waals surface area contributed by atoms with Gasteiger partial charge in [0.1, 0.15) is 5.82 Å². The number of ether oxygens (including phenoxy) is 1. The van der Waals surface area contributed by atoms with Gasteiger partial charge in [-0.15, -0.1) is 0 Å². The fourth-order valence-corrected chi connectivity index (χ4v) is 2.54. The molecule has 3 heteroatoms. The smallest absolute Gasteiger partial charge is 0.123 e. The maximum Gasteiger partial charge on any atom is 0.123 e. The van der Waals surface area contributed by atoms with Crippen LogP contribution in [-0.2, 0) is 4.74 Å². The van der Waals surface area contributed by atoms with Gasteiger partial charge in [0.15, 0.2) is 0 Å². The van der Waals surface area contributed by atoms with E-state index in [0.717, 1.165) is 24.9 Å². The molecule has 1 aliphatic heterocycles. The molecule has 0 spiro atoms. The molecule has 1 aromatic rings. The van der Waals surface area contributed by atoms with Crippen molar-refractivity contribution in [3.63, 3.8) is 0 Å². The molecule has 1 fully saturated rings. The molecule has 0 bridgehead atoms. The van der Waals surface area contributed by atoms with E-state index in [2.05, 4.69) is 26.1 Å². The Labute approximate surface area is 109 Å². The van der Waals surface area contributed by atoms with Gasteiger partial charge in [0.2, 0.25) is 0 Å². The quantitative estimate of drug-likeness (QED) is 0.888. The van der Waals surface area contributed by atoms with E-state index < -0.39 is 0 Å². The van der Waals surface area contributed by atoms with Gasteiger partial charge in [-0.3, -0.25) is 0 Å². The Morgan fingerprint density at radius 1 is 1.28 bits per heavy atom. The lowest BCUT2D eigenvalue weighted by Gasteiger charge is -2.44. The van der Waals surface area contributed by atoms with Crippen LogP contribution in [0.5, 0.6) is 0 Å². The number of morpholine rings is 1. The van der Waals surface area contributed by atoms with Crippen LogP contribution in [0, 0.1) is 5.82 Å². The fraction of sp³-hybridized carbons (Fsp3) is 0.600. The number of benzene rings is 1. The van der Waals surface area contributed by atoms with Gasteiger partial charge < -0.3 is 10.1 Å². The molecule has 0 aromatic heterocycles. The predicted octanol–water partition coefficient (Wildman–Crippen LogP) is 3.43. The van der Waals surface area contributed by atoms with Crippen LogP contribution in [0.15, 0.2) is 24.3 Å². The normalized spacial score (nSPS) is 27.1. The topological polar surface area (TPSA) is 21.3 Å². The maximum atomic E-state index is 13.0. The van der Waals surface area contributed by atoms with Crippen molar-refractivity contribution >= 4 is 0 Å². The third-order valence-corrected chi connectivity index (χ3v) is 4.06. The highest BCUT2D eigenvalue weighted by atomic mass is 19.1. The lowest BCUT2D eigenvalue weighted by Crippen LogP contribution is -2.54. The molecular weight excluding hydrogens is 229 g/mol. The summed E-state index contributed by atoms with van der Waals surface area (Å²) in [5.41, 5.74) is 0.952. The van der Waals surface area contributed by atoms with E-state index in [0.29, 0.717) is 0 Å². The van der Waals surface area contributed by atoms with Gasteiger partial charge in [-0.2, -0.15) is 0 Å². The second kappa shape index (κ2) is 5.37. The summed E-state index contributed by atoms with van der Waals surface area (Å²) in [5, 5.41) is 3.52. The molecule has 100 valence electrons. The van der Waals surface area contributed by atoms with Crippen LogP contribution < -0.4 is 5.32 Å². The van der Waals surface area contributed by atoms with Crippen LogP contribution in [0.3, 0.4) is 0 Å². The van der Waals surface area contributed by atoms with E-state index in [4.69, 9.17) is 4.74 Å². The van der Waals surface area contributed by atoms with Crippen molar-refractivity contribution in [3.8, 4) is 0 Å². The molecule has 2 rings (SSSR count). The molecule has 2 unspecified atom stereocenters. The van der Waals surface area contributed by atoms with Crippen molar-refractivity contribution in [3.05, 3.63) is 35.6 Å². The molecule has 1 aliphatic rings. The largest absolute Gasteiger partial charge is 0.364 e. The SMILES string of the molecule is CCC1(CC)CNC(C)C(c2ccc(F)cc2)O1. The van der Waals surface area contributed by atoms with Crippen LogP contribution >= 0.6 is 0 Å². The molecule has 1 heterocycles. The van der Waals surface area contributed by atoms with Gasteiger partial charge in [-0.05, 0) is 37.5 Å². The third-order valence-electron chi connectivity index (χ3n) is 4.06. The molecule has 1 aromatic carbocycles. The van der Waals surface area contributed by atoms with Crippen LogP contribution in [0.2, 0.25) is 0 Å². The first kappa shape index (κ1) is 13.5. The molecule has 1 saturated heterocycles. The van der Waals surface area contributed by atoms with Crippen LogP contribution in [0.25, 0.3) is 0 Å². The zero-order valence-corrected chi connectivity index (χ0v) is 11.4. The zero-order chi connectivity index (χ0) is 13.2. The highest BCUT2D eigenvalue weighted by Crippen LogP contribution is 2.34. The standard InChI is InChI=1S/C15H22FNO/c1-4-15(5-2)10-17-11(3)14(18-15)12-6-8-13(16)9-7-12/h6-9,11,14,17H,4-5,10H2,1-3H3. The molecule has 0 saturated carbocycles. The Bertz CT molecular complexity index is 386. The number of halogens is 1. The number of rotatable bonds is 3. The molecule has 2 nitrogen and oxygen atoms in total. The van der Waals surface area contributed by atoms with E-state index in [9.17, 15) is 4.39 Å². The Hall–Kier alpha value is -0.930. The lowest BCUT2D eigenvalue weighted by atomic mass is 9.91. The van der Waals surface area contributed by atoms with E-state index in [1.165, 1.54) is 12.1 Å². The van der Waals surface area contributed by atoms with Gasteiger partial charge >= 0.3 is 0 Å². The second-order valence-electron chi connectivity index (χ2n) is 5.15. The Kier molecular flexibility index (Phi) is 4.03. The van der Waals surface area contributed by atoms with E-state index in [-0.39, 0.29) is 23.6 Å². The second-order valence-corrected chi connectivity index (χ2v) is 5.15. The van der Waals surface area contributed by atoms with Gasteiger partial charge in [0, 0.05) is 12.6 Å². The zero-order valence-electron chi connectivity index (χ0n) is 11.4. The van der Waals surface area contributed by atoms with Gasteiger partial charge in [0.05, 0.1) is 11.7 Å². The van der Waals surface area contributed by atoms with Gasteiger partial charge in [-0.1, -0.05) is 26.0 Å². The lowest BCUT2D eigenvalue weighted by molar-refractivity contribution is -0.139. The first-order valence-corrected chi connectivity index (χ1v) is 6.77. The van der Waals surface area contributed by atoms with E-state index >= 15 is 0 Å². The third kappa shape index (κ3) is 2.57. The minimum atomic E-state index is -0.201. The van der Waals surface area contributed by atoms with Crippen molar-refractivity contribution in [2.75, 3.05) is 6.54 Å². The van der Waals surface area contributed by atoms with Crippen LogP contribution in [-0.4, -0.2) is 18.2 Å². The molecule has 1 N–H and O–H groups in total. The van der Waals surface area contributed by atoms with Crippen LogP contribution in [0.4, 0.5) is 4.39 Å². The summed E-state index contributed by atoms with van der Waals surface area (Å²) in [6.07, 6.45) is 1.97. The summed E-state index contributed by atoms with van der Waals surface area (Å²) < 4.78 is 19.3.